The van der Waals surface area contributed by atoms with E-state index in [4.69, 9.17) is 0 Å². The molecule has 2 fully saturated rings. The third kappa shape index (κ3) is 3.48. The Bertz CT molecular complexity index is 649. The van der Waals surface area contributed by atoms with Gasteiger partial charge in [-0.3, -0.25) is 14.5 Å². The normalized spacial score (nSPS) is 23.7. The van der Waals surface area contributed by atoms with Crippen LogP contribution in [0.25, 0.3) is 6.08 Å². The molecule has 0 saturated carbocycles. The number of carboxylic acids is 1. The molecule has 5 nitrogen and oxygen atoms in total. The van der Waals surface area contributed by atoms with Crippen molar-refractivity contribution in [2.45, 2.75) is 24.8 Å². The molecule has 0 radical (unpaired) electrons. The maximum atomic E-state index is 12.9. The fraction of sp³-hybridized carbons (Fsp3) is 0.444. The Morgan fingerprint density at radius 3 is 2.62 bits per heavy atom. The number of nitrogens with one attached hydrogen (secondary N) is 1. The summed E-state index contributed by atoms with van der Waals surface area (Å²) in [5, 5.41) is 12.3. The summed E-state index contributed by atoms with van der Waals surface area (Å²) in [5.41, 5.74) is 0.360. The highest BCUT2D eigenvalue weighted by Gasteiger charge is 2.51. The summed E-state index contributed by atoms with van der Waals surface area (Å²) in [7, 11) is 0. The number of carbonyl (C=O) groups excluding carboxylic acids is 1. The second-order valence-corrected chi connectivity index (χ2v) is 6.55. The fourth-order valence-corrected chi connectivity index (χ4v) is 3.64. The van der Waals surface area contributed by atoms with Crippen LogP contribution < -0.4 is 5.32 Å². The van der Waals surface area contributed by atoms with Gasteiger partial charge in [-0.05, 0) is 30.5 Å². The minimum Gasteiger partial charge on any atom is -0.481 e. The molecule has 2 heterocycles. The highest BCUT2D eigenvalue weighted by Crippen LogP contribution is 2.36. The van der Waals surface area contributed by atoms with Crippen LogP contribution in [0.15, 0.2) is 30.3 Å². The van der Waals surface area contributed by atoms with Gasteiger partial charge >= 0.3 is 5.97 Å². The van der Waals surface area contributed by atoms with E-state index in [1.54, 1.807) is 12.1 Å². The maximum absolute atomic E-state index is 12.9. The second kappa shape index (κ2) is 6.73. The molecule has 0 bridgehead atoms. The van der Waals surface area contributed by atoms with Gasteiger partial charge < -0.3 is 10.4 Å². The molecule has 0 aromatic heterocycles. The van der Waals surface area contributed by atoms with Crippen LogP contribution in [-0.4, -0.2) is 47.1 Å². The van der Waals surface area contributed by atoms with Gasteiger partial charge in [0.1, 0.15) is 5.82 Å². The topological polar surface area (TPSA) is 69.6 Å². The van der Waals surface area contributed by atoms with Crippen LogP contribution in [0, 0.1) is 11.7 Å². The van der Waals surface area contributed by atoms with Crippen LogP contribution in [0.2, 0.25) is 0 Å². The molecule has 2 aliphatic rings. The SMILES string of the molecule is O=C1CC(C(=O)O)C2(CCN(CC=Cc3ccc(F)cc3)CC2)N1. The Morgan fingerprint density at radius 2 is 2.00 bits per heavy atom. The number of halogens is 1. The van der Waals surface area contributed by atoms with Crippen LogP contribution in [0.3, 0.4) is 0 Å². The number of benzene rings is 1. The highest BCUT2D eigenvalue weighted by molar-refractivity contribution is 5.88. The molecule has 1 aromatic rings. The Balaban J connectivity index is 1.54. The minimum atomic E-state index is -0.891. The van der Waals surface area contributed by atoms with Gasteiger partial charge in [-0.2, -0.15) is 0 Å². The van der Waals surface area contributed by atoms with Gasteiger partial charge in [0.05, 0.1) is 11.5 Å². The molecule has 24 heavy (non-hydrogen) atoms. The van der Waals surface area contributed by atoms with E-state index < -0.39 is 17.4 Å². The number of rotatable bonds is 4. The summed E-state index contributed by atoms with van der Waals surface area (Å²) < 4.78 is 12.9. The van der Waals surface area contributed by atoms with Crippen molar-refractivity contribution in [3.8, 4) is 0 Å². The van der Waals surface area contributed by atoms with E-state index >= 15 is 0 Å². The molecular formula is C18H21FN2O3. The predicted molar refractivity (Wildman–Crippen MR) is 87.7 cm³/mol. The maximum Gasteiger partial charge on any atom is 0.309 e. The molecule has 128 valence electrons. The van der Waals surface area contributed by atoms with Gasteiger partial charge in [0.2, 0.25) is 5.91 Å². The number of likely N-dealkylation sites (tertiary alicyclic amines) is 1. The molecule has 1 amide bonds. The number of amides is 1. The van der Waals surface area contributed by atoms with Gasteiger partial charge in [-0.25, -0.2) is 4.39 Å². The number of carboxylic acid groups (broad SMARTS) is 1. The zero-order valence-corrected chi connectivity index (χ0v) is 13.4. The number of hydrogen-bond donors (Lipinski definition) is 2. The molecule has 2 aliphatic heterocycles. The van der Waals surface area contributed by atoms with E-state index in [-0.39, 0.29) is 18.1 Å². The largest absolute Gasteiger partial charge is 0.481 e. The van der Waals surface area contributed by atoms with Crippen molar-refractivity contribution in [3.05, 3.63) is 41.7 Å². The summed E-state index contributed by atoms with van der Waals surface area (Å²) in [4.78, 5) is 25.3. The van der Waals surface area contributed by atoms with E-state index in [0.29, 0.717) is 12.8 Å². The lowest BCUT2D eigenvalue weighted by molar-refractivity contribution is -0.144. The summed E-state index contributed by atoms with van der Waals surface area (Å²) in [6.07, 6.45) is 5.36. The van der Waals surface area contributed by atoms with Crippen molar-refractivity contribution >= 4 is 18.0 Å². The van der Waals surface area contributed by atoms with Crippen LogP contribution in [0.4, 0.5) is 4.39 Å². The first-order valence-corrected chi connectivity index (χ1v) is 8.17. The van der Waals surface area contributed by atoms with Gasteiger partial charge in [-0.15, -0.1) is 0 Å². The van der Waals surface area contributed by atoms with Crippen LogP contribution in [0.1, 0.15) is 24.8 Å². The lowest BCUT2D eigenvalue weighted by Gasteiger charge is -2.41. The van der Waals surface area contributed by atoms with E-state index in [1.165, 1.54) is 12.1 Å². The zero-order valence-electron chi connectivity index (χ0n) is 13.4. The summed E-state index contributed by atoms with van der Waals surface area (Å²) >= 11 is 0. The molecule has 2 saturated heterocycles. The van der Waals surface area contributed by atoms with Crippen molar-refractivity contribution in [2.24, 2.45) is 5.92 Å². The van der Waals surface area contributed by atoms with Gasteiger partial charge in [0.25, 0.3) is 0 Å². The van der Waals surface area contributed by atoms with Gasteiger partial charge in [-0.1, -0.05) is 24.3 Å². The molecule has 0 aliphatic carbocycles. The molecule has 3 rings (SSSR count). The Hall–Kier alpha value is -2.21. The smallest absolute Gasteiger partial charge is 0.309 e. The van der Waals surface area contributed by atoms with Crippen LogP contribution in [0.5, 0.6) is 0 Å². The first-order chi connectivity index (χ1) is 11.5. The summed E-state index contributed by atoms with van der Waals surface area (Å²) in [5.74, 6) is -1.92. The Labute approximate surface area is 140 Å². The molecule has 1 atom stereocenters. The van der Waals surface area contributed by atoms with Gasteiger partial charge in [0, 0.05) is 26.1 Å². The van der Waals surface area contributed by atoms with E-state index in [9.17, 15) is 19.1 Å². The molecule has 6 heteroatoms. The summed E-state index contributed by atoms with van der Waals surface area (Å²) in [6.45, 7) is 2.24. The molecule has 2 N–H and O–H groups in total. The monoisotopic (exact) mass is 332 g/mol. The van der Waals surface area contributed by atoms with Crippen molar-refractivity contribution in [2.75, 3.05) is 19.6 Å². The van der Waals surface area contributed by atoms with Crippen molar-refractivity contribution in [1.82, 2.24) is 10.2 Å². The van der Waals surface area contributed by atoms with E-state index in [2.05, 4.69) is 10.2 Å². The quantitative estimate of drug-likeness (QED) is 0.883. The molecule has 1 spiro atoms. The van der Waals surface area contributed by atoms with Crippen LogP contribution in [-0.2, 0) is 9.59 Å². The third-order valence-corrected chi connectivity index (χ3v) is 5.04. The predicted octanol–water partition coefficient (Wildman–Crippen LogP) is 1.89. The number of carbonyl (C=O) groups is 2. The number of piperidine rings is 1. The van der Waals surface area contributed by atoms with Crippen molar-refractivity contribution in [1.29, 1.82) is 0 Å². The number of hydrogen-bond acceptors (Lipinski definition) is 3. The number of aliphatic carboxylic acids is 1. The zero-order chi connectivity index (χ0) is 17.2. The van der Waals surface area contributed by atoms with E-state index in [0.717, 1.165) is 25.2 Å². The molecule has 1 aromatic carbocycles. The first kappa shape index (κ1) is 16.6. The molecule has 1 unspecified atom stereocenters. The lowest BCUT2D eigenvalue weighted by Crippen LogP contribution is -2.55. The van der Waals surface area contributed by atoms with Crippen molar-refractivity contribution in [3.63, 3.8) is 0 Å². The fourth-order valence-electron chi connectivity index (χ4n) is 3.64. The first-order valence-electron chi connectivity index (χ1n) is 8.17. The average molecular weight is 332 g/mol. The summed E-state index contributed by atoms with van der Waals surface area (Å²) in [6, 6.07) is 6.31. The number of nitrogens with zero attached hydrogens (tertiary/aromatic N) is 1. The van der Waals surface area contributed by atoms with Crippen molar-refractivity contribution < 1.29 is 19.1 Å². The third-order valence-electron chi connectivity index (χ3n) is 5.04. The van der Waals surface area contributed by atoms with Gasteiger partial charge in [0.15, 0.2) is 0 Å². The molecular weight excluding hydrogens is 311 g/mol. The standard InChI is InChI=1S/C18H21FN2O3/c19-14-5-3-13(4-6-14)2-1-9-21-10-7-18(8-11-21)15(17(23)24)12-16(22)20-18/h1-6,15H,7-12H2,(H,20,22)(H,23,24). The lowest BCUT2D eigenvalue weighted by atomic mass is 9.78. The Kier molecular flexibility index (Phi) is 4.66. The van der Waals surface area contributed by atoms with Crippen LogP contribution >= 0.6 is 0 Å². The average Bonchev–Trinajstić information content (AvgIpc) is 2.88. The minimum absolute atomic E-state index is 0.0831. The second-order valence-electron chi connectivity index (χ2n) is 6.55. The highest BCUT2D eigenvalue weighted by atomic mass is 19.1. The van der Waals surface area contributed by atoms with E-state index in [1.807, 2.05) is 12.2 Å². The Morgan fingerprint density at radius 1 is 1.33 bits per heavy atom.